The summed E-state index contributed by atoms with van der Waals surface area (Å²) in [6, 6.07) is 9.29. The van der Waals surface area contributed by atoms with E-state index in [1.807, 2.05) is 25.1 Å². The van der Waals surface area contributed by atoms with Crippen molar-refractivity contribution in [3.63, 3.8) is 0 Å². The van der Waals surface area contributed by atoms with Gasteiger partial charge in [0.15, 0.2) is 0 Å². The van der Waals surface area contributed by atoms with E-state index in [2.05, 4.69) is 19.2 Å². The molecular formula is C23H29FN2O4S. The molecule has 1 heterocycles. The zero-order valence-electron chi connectivity index (χ0n) is 18.3. The molecule has 3 rings (SSSR count). The Hall–Kier alpha value is -2.45. The minimum absolute atomic E-state index is 0.0384. The number of carbonyl (C=O) groups is 1. The highest BCUT2D eigenvalue weighted by Crippen LogP contribution is 2.32. The number of sulfonamides is 1. The van der Waals surface area contributed by atoms with Crippen molar-refractivity contribution in [2.75, 3.05) is 25.5 Å². The number of anilines is 1. The van der Waals surface area contributed by atoms with Crippen LogP contribution in [0.25, 0.3) is 0 Å². The average Bonchev–Trinajstić information content (AvgIpc) is 2.75. The van der Waals surface area contributed by atoms with Crippen molar-refractivity contribution in [2.45, 2.75) is 44.4 Å². The molecule has 0 radical (unpaired) electrons. The van der Waals surface area contributed by atoms with Crippen LogP contribution in [0.5, 0.6) is 5.75 Å². The molecule has 1 saturated heterocycles. The first-order valence-electron chi connectivity index (χ1n) is 10.4. The van der Waals surface area contributed by atoms with Crippen LogP contribution >= 0.6 is 0 Å². The summed E-state index contributed by atoms with van der Waals surface area (Å²) in [5.41, 5.74) is 2.79. The fourth-order valence-electron chi connectivity index (χ4n) is 3.93. The Kier molecular flexibility index (Phi) is 7.01. The number of para-hydroxylation sites is 1. The molecule has 0 saturated carbocycles. The van der Waals surface area contributed by atoms with Gasteiger partial charge in [-0.05, 0) is 55.0 Å². The number of amides is 1. The highest BCUT2D eigenvalue weighted by Gasteiger charge is 2.35. The van der Waals surface area contributed by atoms with Gasteiger partial charge in [0, 0.05) is 18.8 Å². The molecule has 0 bridgehead atoms. The van der Waals surface area contributed by atoms with Crippen molar-refractivity contribution in [3.8, 4) is 5.75 Å². The zero-order valence-corrected chi connectivity index (χ0v) is 19.1. The number of rotatable bonds is 6. The van der Waals surface area contributed by atoms with E-state index in [-0.39, 0.29) is 35.6 Å². The molecule has 8 heteroatoms. The van der Waals surface area contributed by atoms with Gasteiger partial charge in [-0.15, -0.1) is 0 Å². The number of piperidine rings is 1. The summed E-state index contributed by atoms with van der Waals surface area (Å²) in [5, 5.41) is 3.03. The van der Waals surface area contributed by atoms with E-state index >= 15 is 0 Å². The zero-order chi connectivity index (χ0) is 22.8. The predicted octanol–water partition coefficient (Wildman–Crippen LogP) is 4.31. The van der Waals surface area contributed by atoms with E-state index in [4.69, 9.17) is 4.74 Å². The van der Waals surface area contributed by atoms with Gasteiger partial charge in [-0.3, -0.25) is 4.79 Å². The molecule has 0 aliphatic carbocycles. The standard InChI is InChI=1S/C23H29FN2O4S/c1-15(2)19-9-5-7-16(3)22(19)25-23(27)17-8-6-12-26(14-17)31(28,29)21-13-18(24)10-11-20(21)30-4/h5,7,9-11,13,15,17H,6,8,12,14H2,1-4H3,(H,25,27)/t17-/m1/s1. The van der Waals surface area contributed by atoms with Crippen LogP contribution in [0.15, 0.2) is 41.3 Å². The first-order valence-corrected chi connectivity index (χ1v) is 11.8. The number of halogens is 1. The highest BCUT2D eigenvalue weighted by atomic mass is 32.2. The van der Waals surface area contributed by atoms with Crippen LogP contribution in [0.1, 0.15) is 43.7 Å². The molecule has 1 N–H and O–H groups in total. The van der Waals surface area contributed by atoms with Crippen molar-refractivity contribution in [3.05, 3.63) is 53.3 Å². The number of hydrogen-bond donors (Lipinski definition) is 1. The van der Waals surface area contributed by atoms with Gasteiger partial charge in [-0.2, -0.15) is 4.31 Å². The van der Waals surface area contributed by atoms with Gasteiger partial charge in [0.2, 0.25) is 15.9 Å². The second-order valence-corrected chi connectivity index (χ2v) is 10.1. The molecule has 2 aromatic carbocycles. The maximum atomic E-state index is 13.8. The maximum Gasteiger partial charge on any atom is 0.246 e. The lowest BCUT2D eigenvalue weighted by molar-refractivity contribution is -0.120. The molecule has 1 aliphatic heterocycles. The van der Waals surface area contributed by atoms with Crippen LogP contribution in [-0.4, -0.2) is 38.8 Å². The number of ether oxygens (including phenoxy) is 1. The topological polar surface area (TPSA) is 75.7 Å². The van der Waals surface area contributed by atoms with Gasteiger partial charge in [0.05, 0.1) is 13.0 Å². The Morgan fingerprint density at radius 1 is 1.26 bits per heavy atom. The lowest BCUT2D eigenvalue weighted by Crippen LogP contribution is -2.43. The van der Waals surface area contributed by atoms with Gasteiger partial charge < -0.3 is 10.1 Å². The maximum absolute atomic E-state index is 13.8. The van der Waals surface area contributed by atoms with E-state index in [0.29, 0.717) is 12.8 Å². The minimum Gasteiger partial charge on any atom is -0.495 e. The van der Waals surface area contributed by atoms with Crippen LogP contribution in [0.3, 0.4) is 0 Å². The van der Waals surface area contributed by atoms with Gasteiger partial charge in [-0.25, -0.2) is 12.8 Å². The number of carbonyl (C=O) groups excluding carboxylic acids is 1. The van der Waals surface area contributed by atoms with Crippen molar-refractivity contribution in [1.82, 2.24) is 4.31 Å². The Bertz CT molecular complexity index is 1070. The lowest BCUT2D eigenvalue weighted by Gasteiger charge is -2.32. The summed E-state index contributed by atoms with van der Waals surface area (Å²) in [7, 11) is -2.67. The number of methoxy groups -OCH3 is 1. The number of nitrogens with zero attached hydrogens (tertiary/aromatic N) is 1. The summed E-state index contributed by atoms with van der Waals surface area (Å²) < 4.78 is 46.5. The second kappa shape index (κ2) is 9.36. The third-order valence-corrected chi connectivity index (χ3v) is 7.56. The molecule has 168 valence electrons. The van der Waals surface area contributed by atoms with E-state index in [0.717, 1.165) is 28.9 Å². The third-order valence-electron chi connectivity index (χ3n) is 5.67. The second-order valence-electron chi connectivity index (χ2n) is 8.18. The van der Waals surface area contributed by atoms with Gasteiger partial charge in [-0.1, -0.05) is 32.0 Å². The fourth-order valence-corrected chi connectivity index (χ4v) is 5.62. The molecule has 1 atom stereocenters. The van der Waals surface area contributed by atoms with E-state index in [1.54, 1.807) is 0 Å². The van der Waals surface area contributed by atoms with Crippen molar-refractivity contribution in [2.24, 2.45) is 5.92 Å². The van der Waals surface area contributed by atoms with Gasteiger partial charge >= 0.3 is 0 Å². The quantitative estimate of drug-likeness (QED) is 0.715. The Morgan fingerprint density at radius 3 is 2.68 bits per heavy atom. The monoisotopic (exact) mass is 448 g/mol. The molecule has 31 heavy (non-hydrogen) atoms. The van der Waals surface area contributed by atoms with Gasteiger partial charge in [0.1, 0.15) is 16.5 Å². The van der Waals surface area contributed by atoms with Gasteiger partial charge in [0.25, 0.3) is 0 Å². The Balaban J connectivity index is 1.83. The average molecular weight is 449 g/mol. The molecule has 0 spiro atoms. The number of aryl methyl sites for hydroxylation is 1. The van der Waals surface area contributed by atoms with Crippen LogP contribution in [-0.2, 0) is 14.8 Å². The van der Waals surface area contributed by atoms with E-state index in [1.165, 1.54) is 17.5 Å². The molecule has 1 fully saturated rings. The molecule has 0 unspecified atom stereocenters. The molecule has 1 amide bonds. The summed E-state index contributed by atoms with van der Waals surface area (Å²) in [4.78, 5) is 12.8. The third kappa shape index (κ3) is 4.91. The first kappa shape index (κ1) is 23.2. The van der Waals surface area contributed by atoms with Crippen LogP contribution in [0, 0.1) is 18.7 Å². The predicted molar refractivity (Wildman–Crippen MR) is 118 cm³/mol. The fraction of sp³-hybridized carbons (Fsp3) is 0.435. The Morgan fingerprint density at radius 2 is 2.00 bits per heavy atom. The molecule has 0 aromatic heterocycles. The molecular weight excluding hydrogens is 419 g/mol. The smallest absolute Gasteiger partial charge is 0.246 e. The molecule has 6 nitrogen and oxygen atoms in total. The van der Waals surface area contributed by atoms with Crippen molar-refractivity contribution < 1.29 is 22.3 Å². The van der Waals surface area contributed by atoms with E-state index in [9.17, 15) is 17.6 Å². The summed E-state index contributed by atoms with van der Waals surface area (Å²) >= 11 is 0. The summed E-state index contributed by atoms with van der Waals surface area (Å²) in [6.45, 7) is 6.37. The Labute approximate surface area is 183 Å². The highest BCUT2D eigenvalue weighted by molar-refractivity contribution is 7.89. The SMILES string of the molecule is COc1ccc(F)cc1S(=O)(=O)N1CCC[C@@H](C(=O)Nc2c(C)cccc2C(C)C)C1. The number of benzene rings is 2. The summed E-state index contributed by atoms with van der Waals surface area (Å²) in [5.74, 6) is -1.05. The number of nitrogens with one attached hydrogen (secondary N) is 1. The molecule has 2 aromatic rings. The van der Waals surface area contributed by atoms with Crippen LogP contribution in [0.4, 0.5) is 10.1 Å². The largest absolute Gasteiger partial charge is 0.495 e. The summed E-state index contributed by atoms with van der Waals surface area (Å²) in [6.07, 6.45) is 1.13. The van der Waals surface area contributed by atoms with Crippen molar-refractivity contribution in [1.29, 1.82) is 0 Å². The number of hydrogen-bond acceptors (Lipinski definition) is 4. The lowest BCUT2D eigenvalue weighted by atomic mass is 9.95. The van der Waals surface area contributed by atoms with E-state index < -0.39 is 21.8 Å². The van der Waals surface area contributed by atoms with Crippen LogP contribution in [0.2, 0.25) is 0 Å². The normalized spacial score (nSPS) is 17.5. The first-order chi connectivity index (χ1) is 14.6. The van der Waals surface area contributed by atoms with Crippen molar-refractivity contribution >= 4 is 21.6 Å². The van der Waals surface area contributed by atoms with Crippen LogP contribution < -0.4 is 10.1 Å². The minimum atomic E-state index is -4.01. The molecule has 1 aliphatic rings.